The van der Waals surface area contributed by atoms with Crippen LogP contribution in [0.5, 0.6) is 5.75 Å². The van der Waals surface area contributed by atoms with Crippen molar-refractivity contribution < 1.29 is 4.74 Å². The SMILES string of the molecule is CCOc1cc(I)cc(SC)c1. The van der Waals surface area contributed by atoms with E-state index in [1.807, 2.05) is 13.0 Å². The summed E-state index contributed by atoms with van der Waals surface area (Å²) in [5.74, 6) is 0.966. The molecule has 0 radical (unpaired) electrons. The topological polar surface area (TPSA) is 9.23 Å². The van der Waals surface area contributed by atoms with Gasteiger partial charge in [0.1, 0.15) is 5.75 Å². The molecule has 0 bridgehead atoms. The first kappa shape index (κ1) is 10.2. The Balaban J connectivity index is 2.90. The molecule has 0 aliphatic heterocycles. The van der Waals surface area contributed by atoms with E-state index < -0.39 is 0 Å². The largest absolute Gasteiger partial charge is 0.494 e. The van der Waals surface area contributed by atoms with Gasteiger partial charge in [-0.25, -0.2) is 0 Å². The highest BCUT2D eigenvalue weighted by Gasteiger charge is 1.97. The second kappa shape index (κ2) is 4.97. The number of benzene rings is 1. The van der Waals surface area contributed by atoms with Gasteiger partial charge >= 0.3 is 0 Å². The van der Waals surface area contributed by atoms with Crippen LogP contribution < -0.4 is 4.74 Å². The summed E-state index contributed by atoms with van der Waals surface area (Å²) >= 11 is 4.04. The minimum atomic E-state index is 0.730. The van der Waals surface area contributed by atoms with Gasteiger partial charge in [-0.15, -0.1) is 11.8 Å². The molecule has 66 valence electrons. The van der Waals surface area contributed by atoms with E-state index in [0.717, 1.165) is 12.4 Å². The van der Waals surface area contributed by atoms with Crippen molar-refractivity contribution in [3.05, 3.63) is 21.8 Å². The Labute approximate surface area is 91.0 Å². The van der Waals surface area contributed by atoms with Crippen molar-refractivity contribution in [2.75, 3.05) is 12.9 Å². The van der Waals surface area contributed by atoms with Gasteiger partial charge in [-0.2, -0.15) is 0 Å². The average molecular weight is 294 g/mol. The molecule has 0 saturated heterocycles. The number of thioether (sulfide) groups is 1. The molecule has 0 saturated carbocycles. The maximum Gasteiger partial charge on any atom is 0.121 e. The molecule has 0 aromatic heterocycles. The van der Waals surface area contributed by atoms with E-state index in [0.29, 0.717) is 0 Å². The molecule has 0 fully saturated rings. The fourth-order valence-corrected chi connectivity index (χ4v) is 2.24. The molecule has 0 atom stereocenters. The Morgan fingerprint density at radius 1 is 1.42 bits per heavy atom. The van der Waals surface area contributed by atoms with Gasteiger partial charge in [0.15, 0.2) is 0 Å². The number of hydrogen-bond acceptors (Lipinski definition) is 2. The average Bonchev–Trinajstić information content (AvgIpc) is 2.04. The summed E-state index contributed by atoms with van der Waals surface area (Å²) in [6.45, 7) is 2.73. The Hall–Kier alpha value is 0.1000. The zero-order valence-corrected chi connectivity index (χ0v) is 10.1. The molecule has 1 rings (SSSR count). The van der Waals surface area contributed by atoms with Crippen LogP contribution in [0.15, 0.2) is 23.1 Å². The molecule has 0 unspecified atom stereocenters. The molecule has 0 amide bonds. The predicted octanol–water partition coefficient (Wildman–Crippen LogP) is 3.41. The monoisotopic (exact) mass is 294 g/mol. The highest BCUT2D eigenvalue weighted by molar-refractivity contribution is 14.1. The van der Waals surface area contributed by atoms with Gasteiger partial charge in [0.25, 0.3) is 0 Å². The first-order valence-corrected chi connectivity index (χ1v) is 6.04. The van der Waals surface area contributed by atoms with Crippen LogP contribution in [0.2, 0.25) is 0 Å². The van der Waals surface area contributed by atoms with Crippen LogP contribution in [0.3, 0.4) is 0 Å². The third-order valence-corrected chi connectivity index (χ3v) is 2.72. The van der Waals surface area contributed by atoms with Crippen LogP contribution in [0, 0.1) is 3.57 Å². The van der Waals surface area contributed by atoms with Crippen molar-refractivity contribution in [3.8, 4) is 5.75 Å². The summed E-state index contributed by atoms with van der Waals surface area (Å²) < 4.78 is 6.64. The molecule has 0 heterocycles. The summed E-state index contributed by atoms with van der Waals surface area (Å²) in [7, 11) is 0. The van der Waals surface area contributed by atoms with Crippen molar-refractivity contribution in [2.45, 2.75) is 11.8 Å². The van der Waals surface area contributed by atoms with Gasteiger partial charge in [0, 0.05) is 8.47 Å². The van der Waals surface area contributed by atoms with Gasteiger partial charge in [0.2, 0.25) is 0 Å². The smallest absolute Gasteiger partial charge is 0.121 e. The van der Waals surface area contributed by atoms with Gasteiger partial charge in [-0.3, -0.25) is 0 Å². The lowest BCUT2D eigenvalue weighted by atomic mass is 10.3. The maximum absolute atomic E-state index is 5.41. The van der Waals surface area contributed by atoms with Gasteiger partial charge in [0.05, 0.1) is 6.61 Å². The molecule has 1 aromatic carbocycles. The van der Waals surface area contributed by atoms with Crippen LogP contribution >= 0.6 is 34.4 Å². The normalized spacial score (nSPS) is 9.92. The quantitative estimate of drug-likeness (QED) is 0.624. The van der Waals surface area contributed by atoms with Crippen molar-refractivity contribution >= 4 is 34.4 Å². The first-order valence-electron chi connectivity index (χ1n) is 3.73. The van der Waals surface area contributed by atoms with Crippen molar-refractivity contribution in [2.24, 2.45) is 0 Å². The van der Waals surface area contributed by atoms with Crippen LogP contribution in [0.4, 0.5) is 0 Å². The number of halogens is 1. The van der Waals surface area contributed by atoms with Crippen LogP contribution in [0.1, 0.15) is 6.92 Å². The van der Waals surface area contributed by atoms with Gasteiger partial charge < -0.3 is 4.74 Å². The Morgan fingerprint density at radius 3 is 2.75 bits per heavy atom. The molecule has 12 heavy (non-hydrogen) atoms. The molecule has 1 aromatic rings. The van der Waals surface area contributed by atoms with E-state index >= 15 is 0 Å². The molecule has 1 nitrogen and oxygen atoms in total. The summed E-state index contributed by atoms with van der Waals surface area (Å²) in [4.78, 5) is 1.25. The molecule has 0 aliphatic carbocycles. The highest BCUT2D eigenvalue weighted by Crippen LogP contribution is 2.24. The lowest BCUT2D eigenvalue weighted by molar-refractivity contribution is 0.339. The summed E-state index contributed by atoms with van der Waals surface area (Å²) in [5, 5.41) is 0. The zero-order valence-electron chi connectivity index (χ0n) is 7.13. The van der Waals surface area contributed by atoms with Gasteiger partial charge in [-0.1, -0.05) is 0 Å². The maximum atomic E-state index is 5.41. The first-order chi connectivity index (χ1) is 5.76. The van der Waals surface area contributed by atoms with E-state index in [-0.39, 0.29) is 0 Å². The third kappa shape index (κ3) is 2.86. The number of ether oxygens (including phenoxy) is 1. The van der Waals surface area contributed by atoms with E-state index in [2.05, 4.69) is 41.0 Å². The molecular weight excluding hydrogens is 283 g/mol. The fraction of sp³-hybridized carbons (Fsp3) is 0.333. The van der Waals surface area contributed by atoms with Crippen molar-refractivity contribution in [1.29, 1.82) is 0 Å². The van der Waals surface area contributed by atoms with Gasteiger partial charge in [-0.05, 0) is 54.0 Å². The molecule has 0 spiro atoms. The van der Waals surface area contributed by atoms with Crippen molar-refractivity contribution in [1.82, 2.24) is 0 Å². The molecular formula is C9H11IOS. The van der Waals surface area contributed by atoms with E-state index in [1.165, 1.54) is 8.47 Å². The zero-order chi connectivity index (χ0) is 8.97. The van der Waals surface area contributed by atoms with E-state index in [1.54, 1.807) is 11.8 Å². The molecule has 0 aliphatic rings. The summed E-state index contributed by atoms with van der Waals surface area (Å²) in [6.07, 6.45) is 2.07. The Kier molecular flexibility index (Phi) is 4.21. The summed E-state index contributed by atoms with van der Waals surface area (Å²) in [5.41, 5.74) is 0. The Bertz CT molecular complexity index is 263. The third-order valence-electron chi connectivity index (χ3n) is 1.39. The second-order valence-electron chi connectivity index (χ2n) is 2.26. The lowest BCUT2D eigenvalue weighted by Crippen LogP contribution is -1.91. The molecule has 0 N–H and O–H groups in total. The van der Waals surface area contributed by atoms with E-state index in [9.17, 15) is 0 Å². The van der Waals surface area contributed by atoms with Crippen molar-refractivity contribution in [3.63, 3.8) is 0 Å². The standard InChI is InChI=1S/C9H11IOS/c1-3-11-8-4-7(10)5-9(6-8)12-2/h4-6H,3H2,1-2H3. The minimum Gasteiger partial charge on any atom is -0.494 e. The number of hydrogen-bond donors (Lipinski definition) is 0. The number of rotatable bonds is 3. The molecule has 3 heteroatoms. The minimum absolute atomic E-state index is 0.730. The van der Waals surface area contributed by atoms with E-state index in [4.69, 9.17) is 4.74 Å². The second-order valence-corrected chi connectivity index (χ2v) is 4.39. The van der Waals surface area contributed by atoms with Crippen LogP contribution in [-0.2, 0) is 0 Å². The predicted molar refractivity (Wildman–Crippen MR) is 62.1 cm³/mol. The fourth-order valence-electron chi connectivity index (χ4n) is 0.905. The van der Waals surface area contributed by atoms with Crippen LogP contribution in [-0.4, -0.2) is 12.9 Å². The lowest BCUT2D eigenvalue weighted by Gasteiger charge is -2.05. The van der Waals surface area contributed by atoms with Crippen LogP contribution in [0.25, 0.3) is 0 Å². The highest BCUT2D eigenvalue weighted by atomic mass is 127. The summed E-state index contributed by atoms with van der Waals surface area (Å²) in [6, 6.07) is 6.26. The Morgan fingerprint density at radius 2 is 2.17 bits per heavy atom.